The van der Waals surface area contributed by atoms with Crippen molar-refractivity contribution in [3.8, 4) is 11.5 Å². The van der Waals surface area contributed by atoms with Gasteiger partial charge in [0, 0.05) is 33.5 Å². The lowest BCUT2D eigenvalue weighted by molar-refractivity contribution is -0.385. The monoisotopic (exact) mass is 701 g/mol. The van der Waals surface area contributed by atoms with Gasteiger partial charge in [0.2, 0.25) is 0 Å². The summed E-state index contributed by atoms with van der Waals surface area (Å²) in [5, 5.41) is 26.4. The first-order valence-electron chi connectivity index (χ1n) is 14.3. The molecule has 12 nitrogen and oxygen atoms in total. The highest BCUT2D eigenvalue weighted by molar-refractivity contribution is 7.91. The van der Waals surface area contributed by atoms with Gasteiger partial charge in [-0.3, -0.25) is 14.9 Å². The van der Waals surface area contributed by atoms with Crippen LogP contribution in [0.3, 0.4) is 0 Å². The van der Waals surface area contributed by atoms with E-state index >= 15 is 0 Å². The summed E-state index contributed by atoms with van der Waals surface area (Å²) in [6.45, 7) is 5.32. The normalized spacial score (nSPS) is 11.6. The number of carboxylic acid groups (broad SMARTS) is 1. The van der Waals surface area contributed by atoms with E-state index in [1.165, 1.54) is 53.8 Å². The number of sulfone groups is 1. The van der Waals surface area contributed by atoms with Crippen LogP contribution in [0.15, 0.2) is 70.9 Å². The SMILES string of the molecule is CC(C)(C)c1csc(COc2cc(C(=O)Nc3cc(CCCS(=O)(=O)c4ccc(Cl)cc4)ccc3OCC(=O)O)ccc2[N+](=O)[O-])n1. The van der Waals surface area contributed by atoms with Crippen LogP contribution < -0.4 is 14.8 Å². The van der Waals surface area contributed by atoms with Gasteiger partial charge < -0.3 is 19.9 Å². The van der Waals surface area contributed by atoms with Gasteiger partial charge in [-0.2, -0.15) is 0 Å². The van der Waals surface area contributed by atoms with Crippen LogP contribution in [0.2, 0.25) is 5.02 Å². The quantitative estimate of drug-likeness (QED) is 0.106. The number of rotatable bonds is 14. The van der Waals surface area contributed by atoms with Gasteiger partial charge in [-0.15, -0.1) is 11.3 Å². The van der Waals surface area contributed by atoms with Crippen molar-refractivity contribution >= 4 is 56.0 Å². The summed E-state index contributed by atoms with van der Waals surface area (Å²) in [5.41, 5.74) is 1.15. The maximum Gasteiger partial charge on any atom is 0.341 e. The third kappa shape index (κ3) is 9.73. The molecule has 15 heteroatoms. The molecule has 0 radical (unpaired) electrons. The van der Waals surface area contributed by atoms with Crippen molar-refractivity contribution in [1.29, 1.82) is 0 Å². The zero-order valence-electron chi connectivity index (χ0n) is 25.7. The number of nitro benzene ring substituents is 1. The first-order valence-corrected chi connectivity index (χ1v) is 17.2. The summed E-state index contributed by atoms with van der Waals surface area (Å²) in [6, 6.07) is 14.2. The predicted molar refractivity (Wildman–Crippen MR) is 178 cm³/mol. The molecule has 0 bridgehead atoms. The Balaban J connectivity index is 1.52. The van der Waals surface area contributed by atoms with E-state index in [0.29, 0.717) is 22.0 Å². The molecule has 0 fully saturated rings. The summed E-state index contributed by atoms with van der Waals surface area (Å²) in [5.74, 6) is -2.11. The maximum absolute atomic E-state index is 13.4. The number of nitrogens with one attached hydrogen (secondary N) is 1. The number of hydrogen-bond acceptors (Lipinski definition) is 10. The number of nitro groups is 1. The molecule has 0 saturated carbocycles. The summed E-state index contributed by atoms with van der Waals surface area (Å²) in [4.78, 5) is 40.3. The smallest absolute Gasteiger partial charge is 0.341 e. The second-order valence-electron chi connectivity index (χ2n) is 11.4. The van der Waals surface area contributed by atoms with E-state index in [2.05, 4.69) is 10.3 Å². The Morgan fingerprint density at radius 1 is 1.04 bits per heavy atom. The van der Waals surface area contributed by atoms with Crippen LogP contribution in [-0.4, -0.2) is 47.7 Å². The molecule has 47 heavy (non-hydrogen) atoms. The Kier molecular flexibility index (Phi) is 11.2. The molecule has 1 aromatic heterocycles. The fourth-order valence-electron chi connectivity index (χ4n) is 4.30. The lowest BCUT2D eigenvalue weighted by Crippen LogP contribution is -2.16. The van der Waals surface area contributed by atoms with Crippen LogP contribution >= 0.6 is 22.9 Å². The average molecular weight is 702 g/mol. The van der Waals surface area contributed by atoms with E-state index in [1.54, 1.807) is 12.1 Å². The first kappa shape index (κ1) is 35.3. The van der Waals surface area contributed by atoms with Crippen molar-refractivity contribution in [3.05, 3.63) is 103 Å². The number of benzene rings is 3. The van der Waals surface area contributed by atoms with Gasteiger partial charge in [0.05, 0.1) is 27.0 Å². The third-order valence-electron chi connectivity index (χ3n) is 6.78. The molecule has 1 amide bonds. The van der Waals surface area contributed by atoms with Gasteiger partial charge >= 0.3 is 11.7 Å². The molecule has 0 unspecified atom stereocenters. The number of amides is 1. The Bertz CT molecular complexity index is 1890. The summed E-state index contributed by atoms with van der Waals surface area (Å²) in [7, 11) is -3.56. The molecule has 0 atom stereocenters. The van der Waals surface area contributed by atoms with Crippen LogP contribution in [0, 0.1) is 10.1 Å². The molecule has 0 aliphatic rings. The van der Waals surface area contributed by atoms with Crippen molar-refractivity contribution in [3.63, 3.8) is 0 Å². The summed E-state index contributed by atoms with van der Waals surface area (Å²) < 4.78 is 36.6. The number of aliphatic carboxylic acids is 1. The summed E-state index contributed by atoms with van der Waals surface area (Å²) >= 11 is 7.22. The van der Waals surface area contributed by atoms with Crippen molar-refractivity contribution < 1.29 is 37.5 Å². The third-order valence-corrected chi connectivity index (χ3v) is 9.68. The van der Waals surface area contributed by atoms with Gasteiger partial charge in [0.25, 0.3) is 5.91 Å². The number of carbonyl (C=O) groups is 2. The number of carboxylic acids is 1. The minimum absolute atomic E-state index is 0.0313. The Hall–Kier alpha value is -4.53. The molecule has 0 spiro atoms. The average Bonchev–Trinajstić information content (AvgIpc) is 3.49. The number of halogens is 1. The number of anilines is 1. The van der Waals surface area contributed by atoms with E-state index in [1.807, 2.05) is 26.2 Å². The molecule has 2 N–H and O–H groups in total. The standard InChI is InChI=1S/C32H32ClN3O9S2/c1-32(2,3)28-19-46-29(35-28)17-44-27-16-21(7-12-25(27)36(40)41)31(39)34-24-15-20(6-13-26(24)45-18-30(37)38)5-4-14-47(42,43)23-10-8-22(33)9-11-23/h6-13,15-16,19H,4-5,14,17-18H2,1-3H3,(H,34,39)(H,37,38). The van der Waals surface area contributed by atoms with E-state index in [0.717, 1.165) is 11.8 Å². The van der Waals surface area contributed by atoms with Gasteiger partial charge in [0.1, 0.15) is 17.4 Å². The van der Waals surface area contributed by atoms with Crippen LogP contribution in [-0.2, 0) is 33.1 Å². The van der Waals surface area contributed by atoms with Crippen LogP contribution in [0.25, 0.3) is 0 Å². The highest BCUT2D eigenvalue weighted by Crippen LogP contribution is 2.32. The molecule has 0 aliphatic carbocycles. The topological polar surface area (TPSA) is 175 Å². The largest absolute Gasteiger partial charge is 0.480 e. The number of thiazole rings is 1. The van der Waals surface area contributed by atoms with Crippen molar-refractivity contribution in [2.75, 3.05) is 17.7 Å². The second kappa shape index (κ2) is 14.9. The van der Waals surface area contributed by atoms with Gasteiger partial charge in [-0.05, 0) is 60.9 Å². The Morgan fingerprint density at radius 2 is 1.77 bits per heavy atom. The lowest BCUT2D eigenvalue weighted by Gasteiger charge is -2.14. The molecule has 0 aliphatic heterocycles. The zero-order valence-corrected chi connectivity index (χ0v) is 28.1. The highest BCUT2D eigenvalue weighted by Gasteiger charge is 2.22. The molecule has 4 rings (SSSR count). The van der Waals surface area contributed by atoms with E-state index in [-0.39, 0.29) is 57.5 Å². The predicted octanol–water partition coefficient (Wildman–Crippen LogP) is 6.70. The Morgan fingerprint density at radius 3 is 2.40 bits per heavy atom. The van der Waals surface area contributed by atoms with Gasteiger partial charge in [-0.25, -0.2) is 18.2 Å². The molecule has 4 aromatic rings. The van der Waals surface area contributed by atoms with E-state index in [9.17, 15) is 28.1 Å². The second-order valence-corrected chi connectivity index (χ2v) is 14.9. The van der Waals surface area contributed by atoms with Crippen molar-refractivity contribution in [2.24, 2.45) is 0 Å². The number of ether oxygens (including phenoxy) is 2. The first-order chi connectivity index (χ1) is 22.1. The minimum atomic E-state index is -3.56. The van der Waals surface area contributed by atoms with Gasteiger partial charge in [-0.1, -0.05) is 38.4 Å². The van der Waals surface area contributed by atoms with Crippen LogP contribution in [0.4, 0.5) is 11.4 Å². The van der Waals surface area contributed by atoms with Crippen LogP contribution in [0.5, 0.6) is 11.5 Å². The minimum Gasteiger partial charge on any atom is -0.480 e. The van der Waals surface area contributed by atoms with Crippen LogP contribution in [0.1, 0.15) is 53.8 Å². The van der Waals surface area contributed by atoms with E-state index < -0.39 is 33.2 Å². The van der Waals surface area contributed by atoms with Crippen molar-refractivity contribution in [2.45, 2.75) is 50.5 Å². The van der Waals surface area contributed by atoms with E-state index in [4.69, 9.17) is 26.2 Å². The molecule has 248 valence electrons. The number of aryl methyl sites for hydroxylation is 1. The molecule has 0 saturated heterocycles. The van der Waals surface area contributed by atoms with Crippen molar-refractivity contribution in [1.82, 2.24) is 4.98 Å². The number of aromatic nitrogens is 1. The zero-order chi connectivity index (χ0) is 34.4. The number of hydrogen-bond donors (Lipinski definition) is 2. The number of nitrogens with zero attached hydrogens (tertiary/aromatic N) is 2. The van der Waals surface area contributed by atoms with Gasteiger partial charge in [0.15, 0.2) is 22.2 Å². The molecular weight excluding hydrogens is 670 g/mol. The molecule has 3 aromatic carbocycles. The molecular formula is C32H32ClN3O9S2. The lowest BCUT2D eigenvalue weighted by atomic mass is 9.93. The Labute approximate surface area is 280 Å². The fourth-order valence-corrected chi connectivity index (χ4v) is 6.67. The summed E-state index contributed by atoms with van der Waals surface area (Å²) in [6.07, 6.45) is 0.575. The highest BCUT2D eigenvalue weighted by atomic mass is 35.5. The number of carbonyl (C=O) groups excluding carboxylic acids is 1. The molecule has 1 heterocycles. The maximum atomic E-state index is 13.4. The fraction of sp³-hybridized carbons (Fsp3) is 0.281.